The van der Waals surface area contributed by atoms with Gasteiger partial charge in [0.2, 0.25) is 5.91 Å². The van der Waals surface area contributed by atoms with E-state index in [-0.39, 0.29) is 30.3 Å². The number of carbonyl (C=O) groups is 1. The molecule has 1 unspecified atom stereocenters. The Balaban J connectivity index is 0.00000300. The molecule has 3 rings (SSSR count). The number of amides is 1. The van der Waals surface area contributed by atoms with Crippen LogP contribution in [0.2, 0.25) is 0 Å². The number of alkyl halides is 3. The van der Waals surface area contributed by atoms with E-state index >= 15 is 0 Å². The van der Waals surface area contributed by atoms with E-state index in [0.29, 0.717) is 38.9 Å². The van der Waals surface area contributed by atoms with Gasteiger partial charge in [0.25, 0.3) is 0 Å². The van der Waals surface area contributed by atoms with Crippen molar-refractivity contribution >= 4 is 18.3 Å². The molecule has 164 valence electrons. The van der Waals surface area contributed by atoms with Crippen molar-refractivity contribution in [3.05, 3.63) is 35.4 Å². The van der Waals surface area contributed by atoms with Crippen LogP contribution in [0.15, 0.2) is 24.3 Å². The molecule has 0 spiro atoms. The van der Waals surface area contributed by atoms with Crippen LogP contribution in [0.1, 0.15) is 36.9 Å². The van der Waals surface area contributed by atoms with Crippen LogP contribution in [0, 0.1) is 5.92 Å². The minimum Gasteiger partial charge on any atom is -0.379 e. The molecule has 2 heterocycles. The highest BCUT2D eigenvalue weighted by atomic mass is 35.5. The number of hydrogen-bond donors (Lipinski definition) is 2. The maximum absolute atomic E-state index is 12.9. The van der Waals surface area contributed by atoms with Gasteiger partial charge in [-0.15, -0.1) is 12.4 Å². The zero-order valence-electron chi connectivity index (χ0n) is 16.5. The lowest BCUT2D eigenvalue weighted by molar-refractivity contribution is -0.137. The first-order chi connectivity index (χ1) is 13.3. The van der Waals surface area contributed by atoms with Gasteiger partial charge in [-0.25, -0.2) is 0 Å². The highest BCUT2D eigenvalue weighted by Crippen LogP contribution is 2.31. The maximum atomic E-state index is 12.9. The number of morpholine rings is 1. The van der Waals surface area contributed by atoms with Gasteiger partial charge in [-0.1, -0.05) is 12.1 Å². The van der Waals surface area contributed by atoms with Crippen LogP contribution in [0.3, 0.4) is 0 Å². The predicted molar refractivity (Wildman–Crippen MR) is 107 cm³/mol. The molecule has 0 aromatic heterocycles. The van der Waals surface area contributed by atoms with Crippen molar-refractivity contribution in [3.63, 3.8) is 0 Å². The second kappa shape index (κ2) is 10.6. The molecule has 5 nitrogen and oxygen atoms in total. The van der Waals surface area contributed by atoms with E-state index < -0.39 is 11.7 Å². The molecule has 0 saturated carbocycles. The maximum Gasteiger partial charge on any atom is 0.416 e. The first-order valence-corrected chi connectivity index (χ1v) is 9.84. The summed E-state index contributed by atoms with van der Waals surface area (Å²) in [5.41, 5.74) is 0.110. The van der Waals surface area contributed by atoms with Crippen molar-refractivity contribution in [2.45, 2.75) is 38.0 Å². The van der Waals surface area contributed by atoms with Crippen molar-refractivity contribution in [3.8, 4) is 0 Å². The van der Waals surface area contributed by atoms with Gasteiger partial charge in [-0.05, 0) is 44.0 Å². The average Bonchev–Trinajstić information content (AvgIpc) is 2.68. The molecule has 1 aromatic carbocycles. The summed E-state index contributed by atoms with van der Waals surface area (Å²) in [5, 5.41) is 6.37. The molecule has 2 aliphatic heterocycles. The van der Waals surface area contributed by atoms with Crippen LogP contribution in [0.5, 0.6) is 0 Å². The van der Waals surface area contributed by atoms with E-state index in [2.05, 4.69) is 22.5 Å². The first kappa shape index (κ1) is 23.9. The molecule has 2 aliphatic rings. The Hall–Kier alpha value is -1.35. The van der Waals surface area contributed by atoms with E-state index in [1.807, 2.05) is 0 Å². The Morgan fingerprint density at radius 1 is 1.28 bits per heavy atom. The van der Waals surface area contributed by atoms with Crippen LogP contribution >= 0.6 is 12.4 Å². The quantitative estimate of drug-likeness (QED) is 0.746. The third-order valence-corrected chi connectivity index (χ3v) is 5.57. The number of halogens is 4. The Bertz CT molecular complexity index is 651. The summed E-state index contributed by atoms with van der Waals surface area (Å²) in [6, 6.07) is 5.39. The molecule has 9 heteroatoms. The van der Waals surface area contributed by atoms with Gasteiger partial charge >= 0.3 is 6.18 Å². The minimum absolute atomic E-state index is 0. The van der Waals surface area contributed by atoms with Gasteiger partial charge in [-0.2, -0.15) is 13.2 Å². The molecule has 2 N–H and O–H groups in total. The van der Waals surface area contributed by atoms with Crippen molar-refractivity contribution < 1.29 is 22.7 Å². The third-order valence-electron chi connectivity index (χ3n) is 5.57. The number of nitrogens with zero attached hydrogens (tertiary/aromatic N) is 1. The Morgan fingerprint density at radius 3 is 2.52 bits per heavy atom. The van der Waals surface area contributed by atoms with E-state index in [0.717, 1.165) is 37.1 Å². The molecule has 2 fully saturated rings. The van der Waals surface area contributed by atoms with E-state index in [1.165, 1.54) is 12.1 Å². The van der Waals surface area contributed by atoms with Gasteiger partial charge in [0, 0.05) is 31.6 Å². The van der Waals surface area contributed by atoms with E-state index in [9.17, 15) is 18.0 Å². The lowest BCUT2D eigenvalue weighted by Crippen LogP contribution is -2.46. The fraction of sp³-hybridized carbons (Fsp3) is 0.650. The zero-order chi connectivity index (χ0) is 20.1. The second-order valence-electron chi connectivity index (χ2n) is 7.61. The third kappa shape index (κ3) is 6.57. The fourth-order valence-corrected chi connectivity index (χ4v) is 3.95. The summed E-state index contributed by atoms with van der Waals surface area (Å²) in [6.45, 7) is 5.80. The number of nitrogens with one attached hydrogen (secondary N) is 2. The van der Waals surface area contributed by atoms with Gasteiger partial charge in [0.1, 0.15) is 0 Å². The molecule has 0 bridgehead atoms. The number of piperidine rings is 1. The summed E-state index contributed by atoms with van der Waals surface area (Å²) in [4.78, 5) is 14.8. The molecule has 29 heavy (non-hydrogen) atoms. The lowest BCUT2D eigenvalue weighted by atomic mass is 9.92. The highest BCUT2D eigenvalue weighted by molar-refractivity contribution is 5.85. The summed E-state index contributed by atoms with van der Waals surface area (Å²) in [7, 11) is 0. The minimum atomic E-state index is -4.35. The van der Waals surface area contributed by atoms with Crippen molar-refractivity contribution in [2.75, 3.05) is 39.4 Å². The van der Waals surface area contributed by atoms with Crippen molar-refractivity contribution in [1.82, 2.24) is 15.5 Å². The summed E-state index contributed by atoms with van der Waals surface area (Å²) >= 11 is 0. The fourth-order valence-electron chi connectivity index (χ4n) is 3.95. The SMILES string of the molecule is C[C@H]1C[C@@H](C(=O)NCC(c2ccc(C(F)(F)F)cc2)N2CCOCC2)CCN1.Cl. The lowest BCUT2D eigenvalue weighted by Gasteiger charge is -2.35. The van der Waals surface area contributed by atoms with Crippen LogP contribution in [-0.4, -0.2) is 56.2 Å². The summed E-state index contributed by atoms with van der Waals surface area (Å²) in [5.74, 6) is 0.00714. The molecule has 3 atom stereocenters. The van der Waals surface area contributed by atoms with Gasteiger partial charge in [-0.3, -0.25) is 9.69 Å². The monoisotopic (exact) mass is 435 g/mol. The Labute approximate surface area is 175 Å². The van der Waals surface area contributed by atoms with Crippen LogP contribution in [0.25, 0.3) is 0 Å². The number of carbonyl (C=O) groups excluding carboxylic acids is 1. The van der Waals surface area contributed by atoms with E-state index in [1.54, 1.807) is 0 Å². The molecule has 1 amide bonds. The molecular formula is C20H29ClF3N3O2. The zero-order valence-corrected chi connectivity index (χ0v) is 17.3. The van der Waals surface area contributed by atoms with Crippen LogP contribution < -0.4 is 10.6 Å². The van der Waals surface area contributed by atoms with E-state index in [4.69, 9.17) is 4.74 Å². The van der Waals surface area contributed by atoms with Gasteiger partial charge < -0.3 is 15.4 Å². The highest BCUT2D eigenvalue weighted by Gasteiger charge is 2.31. The van der Waals surface area contributed by atoms with Gasteiger partial charge in [0.05, 0.1) is 24.8 Å². The molecule has 0 aliphatic carbocycles. The Kier molecular flexibility index (Phi) is 8.75. The normalized spacial score (nSPS) is 24.4. The van der Waals surface area contributed by atoms with Crippen molar-refractivity contribution in [2.24, 2.45) is 5.92 Å². The number of rotatable bonds is 5. The van der Waals surface area contributed by atoms with Gasteiger partial charge in [0.15, 0.2) is 0 Å². The number of hydrogen-bond acceptors (Lipinski definition) is 4. The predicted octanol–water partition coefficient (Wildman–Crippen LogP) is 3.00. The van der Waals surface area contributed by atoms with Crippen LogP contribution in [0.4, 0.5) is 13.2 Å². The molecule has 2 saturated heterocycles. The topological polar surface area (TPSA) is 53.6 Å². The molecular weight excluding hydrogens is 407 g/mol. The average molecular weight is 436 g/mol. The molecule has 1 aromatic rings. The van der Waals surface area contributed by atoms with Crippen molar-refractivity contribution in [1.29, 1.82) is 0 Å². The number of benzene rings is 1. The smallest absolute Gasteiger partial charge is 0.379 e. The van der Waals surface area contributed by atoms with Crippen LogP contribution in [-0.2, 0) is 15.7 Å². The summed E-state index contributed by atoms with van der Waals surface area (Å²) in [6.07, 6.45) is -2.75. The summed E-state index contributed by atoms with van der Waals surface area (Å²) < 4.78 is 44.0. The largest absolute Gasteiger partial charge is 0.416 e. The second-order valence-corrected chi connectivity index (χ2v) is 7.61. The standard InChI is InChI=1S/C20H28F3N3O2.ClH/c1-14-12-16(6-7-24-14)19(27)25-13-18(26-8-10-28-11-9-26)15-2-4-17(5-3-15)20(21,22)23;/h2-5,14,16,18,24H,6-13H2,1H3,(H,25,27);1H/t14-,16-,18?;/m0./s1. The number of ether oxygens (including phenoxy) is 1. The Morgan fingerprint density at radius 2 is 1.93 bits per heavy atom. The first-order valence-electron chi connectivity index (χ1n) is 9.84. The molecule has 0 radical (unpaired) electrons.